The highest BCUT2D eigenvalue weighted by atomic mass is 35.5. The van der Waals surface area contributed by atoms with Crippen LogP contribution in [0.2, 0.25) is 10.0 Å². The van der Waals surface area contributed by atoms with Crippen molar-refractivity contribution in [2.45, 2.75) is 6.92 Å². The number of aromatic nitrogens is 1. The monoisotopic (exact) mass is 418 g/mol. The van der Waals surface area contributed by atoms with E-state index in [0.717, 1.165) is 0 Å². The van der Waals surface area contributed by atoms with E-state index in [9.17, 15) is 4.79 Å². The summed E-state index contributed by atoms with van der Waals surface area (Å²) >= 11 is 12.5. The van der Waals surface area contributed by atoms with Gasteiger partial charge in [0.05, 0.1) is 22.8 Å². The number of nitrogens with one attached hydrogen (secondary N) is 1. The van der Waals surface area contributed by atoms with Gasteiger partial charge in [0.2, 0.25) is 0 Å². The predicted octanol–water partition coefficient (Wildman–Crippen LogP) is 5.23. The Balaban J connectivity index is 1.85. The maximum Gasteiger partial charge on any atom is 0.341 e. The predicted molar refractivity (Wildman–Crippen MR) is 108 cm³/mol. The molecule has 1 aliphatic rings. The van der Waals surface area contributed by atoms with Crippen LogP contribution in [0.1, 0.15) is 17.3 Å². The highest BCUT2D eigenvalue weighted by Crippen LogP contribution is 2.38. The van der Waals surface area contributed by atoms with Crippen molar-refractivity contribution in [3.63, 3.8) is 0 Å². The molecule has 0 amide bonds. The number of esters is 1. The van der Waals surface area contributed by atoms with Gasteiger partial charge in [-0.05, 0) is 31.2 Å². The number of hydrogen-bond acceptors (Lipinski definition) is 6. The topological polar surface area (TPSA) is 69.7 Å². The minimum Gasteiger partial charge on any atom is -0.486 e. The number of ether oxygens (including phenoxy) is 3. The number of carbonyl (C=O) groups excluding carboxylic acids is 1. The van der Waals surface area contributed by atoms with Gasteiger partial charge in [-0.25, -0.2) is 4.79 Å². The average molecular weight is 419 g/mol. The first-order chi connectivity index (χ1) is 13.6. The Kier molecular flexibility index (Phi) is 5.15. The van der Waals surface area contributed by atoms with Crippen LogP contribution in [0, 0.1) is 0 Å². The summed E-state index contributed by atoms with van der Waals surface area (Å²) in [5.74, 6) is 0.810. The van der Waals surface area contributed by atoms with Crippen LogP contribution in [0.5, 0.6) is 11.5 Å². The number of rotatable bonds is 4. The van der Waals surface area contributed by atoms with Crippen molar-refractivity contribution in [3.05, 3.63) is 52.1 Å². The standard InChI is InChI=1S/C20H16Cl2N2O4/c1-2-26-20(25)14-10-23-19-13(7-11(21)8-15(19)22)18(14)24-12-3-4-16-17(9-12)28-6-5-27-16/h3-4,7-10H,2,5-6H2,1H3,(H,23,24). The zero-order chi connectivity index (χ0) is 19.7. The van der Waals surface area contributed by atoms with Gasteiger partial charge in [-0.15, -0.1) is 0 Å². The SMILES string of the molecule is CCOC(=O)c1cnc2c(Cl)cc(Cl)cc2c1Nc1ccc2c(c1)OCCO2. The van der Waals surface area contributed by atoms with Crippen LogP contribution in [0.3, 0.4) is 0 Å². The van der Waals surface area contributed by atoms with Crippen LogP contribution < -0.4 is 14.8 Å². The highest BCUT2D eigenvalue weighted by molar-refractivity contribution is 6.38. The first-order valence-electron chi connectivity index (χ1n) is 8.68. The van der Waals surface area contributed by atoms with E-state index in [1.54, 1.807) is 19.1 Å². The van der Waals surface area contributed by atoms with E-state index in [-0.39, 0.29) is 12.2 Å². The number of pyridine rings is 1. The van der Waals surface area contributed by atoms with Crippen LogP contribution in [-0.2, 0) is 4.74 Å². The molecule has 0 bridgehead atoms. The maximum absolute atomic E-state index is 12.5. The Labute approximate surface area is 171 Å². The summed E-state index contributed by atoms with van der Waals surface area (Å²) in [4.78, 5) is 16.8. The molecular weight excluding hydrogens is 403 g/mol. The molecule has 6 nitrogen and oxygen atoms in total. The lowest BCUT2D eigenvalue weighted by Crippen LogP contribution is -2.15. The number of nitrogens with zero attached hydrogens (tertiary/aromatic N) is 1. The summed E-state index contributed by atoms with van der Waals surface area (Å²) in [5.41, 5.74) is 2.02. The Hall–Kier alpha value is -2.70. The van der Waals surface area contributed by atoms with Gasteiger partial charge in [-0.3, -0.25) is 4.98 Å². The van der Waals surface area contributed by atoms with E-state index in [0.29, 0.717) is 57.0 Å². The van der Waals surface area contributed by atoms with Gasteiger partial charge >= 0.3 is 5.97 Å². The zero-order valence-corrected chi connectivity index (χ0v) is 16.4. The van der Waals surface area contributed by atoms with Gasteiger partial charge in [0.15, 0.2) is 11.5 Å². The Morgan fingerprint density at radius 2 is 1.96 bits per heavy atom. The summed E-state index contributed by atoms with van der Waals surface area (Å²) in [7, 11) is 0. The minimum atomic E-state index is -0.493. The molecule has 0 fully saturated rings. The summed E-state index contributed by atoms with van der Waals surface area (Å²) in [6.07, 6.45) is 1.44. The maximum atomic E-state index is 12.5. The number of benzene rings is 2. The lowest BCUT2D eigenvalue weighted by Gasteiger charge is -2.20. The number of carbonyl (C=O) groups is 1. The van der Waals surface area contributed by atoms with Crippen molar-refractivity contribution < 1.29 is 19.0 Å². The quantitative estimate of drug-likeness (QED) is 0.584. The lowest BCUT2D eigenvalue weighted by atomic mass is 10.1. The van der Waals surface area contributed by atoms with E-state index in [1.807, 2.05) is 18.2 Å². The van der Waals surface area contributed by atoms with Crippen molar-refractivity contribution >= 4 is 51.4 Å². The van der Waals surface area contributed by atoms with Gasteiger partial charge in [-0.1, -0.05) is 23.2 Å². The van der Waals surface area contributed by atoms with Crippen molar-refractivity contribution in [1.82, 2.24) is 4.98 Å². The van der Waals surface area contributed by atoms with Gasteiger partial charge < -0.3 is 19.5 Å². The molecule has 0 radical (unpaired) electrons. The summed E-state index contributed by atoms with van der Waals surface area (Å²) < 4.78 is 16.4. The lowest BCUT2D eigenvalue weighted by molar-refractivity contribution is 0.0527. The number of anilines is 2. The van der Waals surface area contributed by atoms with Crippen molar-refractivity contribution in [2.75, 3.05) is 25.1 Å². The molecule has 0 spiro atoms. The van der Waals surface area contributed by atoms with E-state index in [2.05, 4.69) is 10.3 Å². The van der Waals surface area contributed by atoms with Crippen LogP contribution >= 0.6 is 23.2 Å². The van der Waals surface area contributed by atoms with Crippen LogP contribution in [0.4, 0.5) is 11.4 Å². The largest absolute Gasteiger partial charge is 0.486 e. The van der Waals surface area contributed by atoms with E-state index >= 15 is 0 Å². The second kappa shape index (κ2) is 7.73. The third-order valence-corrected chi connectivity index (χ3v) is 4.70. The van der Waals surface area contributed by atoms with E-state index < -0.39 is 5.97 Å². The summed E-state index contributed by atoms with van der Waals surface area (Å²) in [5, 5.41) is 4.70. The van der Waals surface area contributed by atoms with Gasteiger partial charge in [0.1, 0.15) is 18.8 Å². The van der Waals surface area contributed by atoms with Gasteiger partial charge in [0.25, 0.3) is 0 Å². The van der Waals surface area contributed by atoms with Gasteiger partial charge in [-0.2, -0.15) is 0 Å². The summed E-state index contributed by atoms with van der Waals surface area (Å²) in [6, 6.07) is 8.77. The fourth-order valence-electron chi connectivity index (χ4n) is 2.99. The van der Waals surface area contributed by atoms with E-state index in [4.69, 9.17) is 37.4 Å². The molecule has 0 unspecified atom stereocenters. The number of halogens is 2. The van der Waals surface area contributed by atoms with E-state index in [1.165, 1.54) is 6.20 Å². The molecule has 3 aromatic rings. The molecule has 0 atom stereocenters. The van der Waals surface area contributed by atoms with Crippen LogP contribution in [0.15, 0.2) is 36.5 Å². The van der Waals surface area contributed by atoms with Crippen molar-refractivity contribution in [3.8, 4) is 11.5 Å². The normalized spacial score (nSPS) is 12.7. The Bertz CT molecular complexity index is 1070. The molecule has 8 heteroatoms. The molecule has 0 saturated carbocycles. The Morgan fingerprint density at radius 1 is 1.18 bits per heavy atom. The molecule has 2 aromatic carbocycles. The molecule has 2 heterocycles. The van der Waals surface area contributed by atoms with Gasteiger partial charge in [0, 0.05) is 28.4 Å². The molecule has 0 aliphatic carbocycles. The van der Waals surface area contributed by atoms with Crippen LogP contribution in [-0.4, -0.2) is 30.8 Å². The third kappa shape index (κ3) is 3.53. The first kappa shape index (κ1) is 18.7. The minimum absolute atomic E-state index is 0.247. The third-order valence-electron chi connectivity index (χ3n) is 4.20. The number of fused-ring (bicyclic) bond motifs is 2. The molecule has 28 heavy (non-hydrogen) atoms. The average Bonchev–Trinajstić information content (AvgIpc) is 2.68. The number of hydrogen-bond donors (Lipinski definition) is 1. The Morgan fingerprint density at radius 3 is 2.75 bits per heavy atom. The van der Waals surface area contributed by atoms with Crippen molar-refractivity contribution in [1.29, 1.82) is 0 Å². The van der Waals surface area contributed by atoms with Crippen molar-refractivity contribution in [2.24, 2.45) is 0 Å². The molecule has 4 rings (SSSR count). The second-order valence-corrected chi connectivity index (χ2v) is 6.88. The second-order valence-electron chi connectivity index (χ2n) is 6.03. The van der Waals surface area contributed by atoms with Crippen LogP contribution in [0.25, 0.3) is 10.9 Å². The molecule has 1 aliphatic heterocycles. The molecular formula is C20H16Cl2N2O4. The molecule has 144 valence electrons. The molecule has 1 N–H and O–H groups in total. The first-order valence-corrected chi connectivity index (χ1v) is 9.44. The smallest absolute Gasteiger partial charge is 0.341 e. The fourth-order valence-corrected chi connectivity index (χ4v) is 3.53. The molecule has 1 aromatic heterocycles. The summed E-state index contributed by atoms with van der Waals surface area (Å²) in [6.45, 7) is 2.98. The zero-order valence-electron chi connectivity index (χ0n) is 14.9. The molecule has 0 saturated heterocycles. The highest BCUT2D eigenvalue weighted by Gasteiger charge is 2.20. The fraction of sp³-hybridized carbons (Fsp3) is 0.200.